The van der Waals surface area contributed by atoms with Gasteiger partial charge in [-0.3, -0.25) is 4.68 Å². The molecule has 0 unspecified atom stereocenters. The topological polar surface area (TPSA) is 55.1 Å². The summed E-state index contributed by atoms with van der Waals surface area (Å²) < 4.78 is 2.14. The summed E-state index contributed by atoms with van der Waals surface area (Å²) >= 11 is 3.20. The van der Waals surface area contributed by atoms with Crippen LogP contribution in [0.2, 0.25) is 0 Å². The second kappa shape index (κ2) is 3.96. The zero-order valence-corrected chi connectivity index (χ0v) is 10.1. The third-order valence-corrected chi connectivity index (χ3v) is 3.56. The average molecular weight is 273 g/mol. The molecule has 0 aromatic carbocycles. The van der Waals surface area contributed by atoms with Gasteiger partial charge in [0, 0.05) is 13.0 Å². The van der Waals surface area contributed by atoms with E-state index in [-0.39, 0.29) is 0 Å². The lowest BCUT2D eigenvalue weighted by molar-refractivity contribution is 0.0694. The first-order valence-corrected chi connectivity index (χ1v) is 5.86. The van der Waals surface area contributed by atoms with Crippen LogP contribution in [0.15, 0.2) is 4.60 Å². The van der Waals surface area contributed by atoms with E-state index in [1.165, 1.54) is 12.8 Å². The Morgan fingerprint density at radius 2 is 2.13 bits per heavy atom. The van der Waals surface area contributed by atoms with Gasteiger partial charge >= 0.3 is 5.97 Å². The van der Waals surface area contributed by atoms with Gasteiger partial charge < -0.3 is 5.11 Å². The van der Waals surface area contributed by atoms with Crippen molar-refractivity contribution in [2.24, 2.45) is 7.05 Å². The van der Waals surface area contributed by atoms with Gasteiger partial charge in [0.2, 0.25) is 0 Å². The van der Waals surface area contributed by atoms with Crippen LogP contribution in [0.1, 0.15) is 47.7 Å². The molecule has 0 bridgehead atoms. The number of rotatable bonds is 2. The van der Waals surface area contributed by atoms with E-state index in [0.717, 1.165) is 18.5 Å². The van der Waals surface area contributed by atoms with E-state index in [9.17, 15) is 4.79 Å². The van der Waals surface area contributed by atoms with E-state index in [4.69, 9.17) is 5.11 Å². The normalized spacial score (nSPS) is 17.2. The second-order valence-corrected chi connectivity index (χ2v) is 4.71. The molecule has 0 spiro atoms. The molecular formula is C10H13BrN2O2. The third kappa shape index (κ3) is 1.80. The van der Waals surface area contributed by atoms with Crippen molar-refractivity contribution in [2.75, 3.05) is 0 Å². The molecule has 5 heteroatoms. The van der Waals surface area contributed by atoms with Crippen molar-refractivity contribution in [3.05, 3.63) is 15.9 Å². The first-order chi connectivity index (χ1) is 7.11. The van der Waals surface area contributed by atoms with Crippen LogP contribution >= 0.6 is 15.9 Å². The molecule has 1 aromatic rings. The summed E-state index contributed by atoms with van der Waals surface area (Å²) in [5, 5.41) is 13.3. The quantitative estimate of drug-likeness (QED) is 0.900. The first kappa shape index (κ1) is 10.7. The van der Waals surface area contributed by atoms with Gasteiger partial charge in [-0.05, 0) is 28.8 Å². The summed E-state index contributed by atoms with van der Waals surface area (Å²) in [5.74, 6) is -0.531. The number of carboxylic acids is 1. The Morgan fingerprint density at radius 3 is 2.67 bits per heavy atom. The molecule has 1 aliphatic rings. The van der Waals surface area contributed by atoms with E-state index >= 15 is 0 Å². The maximum Gasteiger partial charge on any atom is 0.340 e. The van der Waals surface area contributed by atoms with Crippen molar-refractivity contribution in [2.45, 2.75) is 31.6 Å². The lowest BCUT2D eigenvalue weighted by atomic mass is 10.0. The number of aromatic nitrogens is 2. The Hall–Kier alpha value is -0.840. The van der Waals surface area contributed by atoms with Gasteiger partial charge in [0.1, 0.15) is 10.2 Å². The zero-order chi connectivity index (χ0) is 11.0. The second-order valence-electron chi connectivity index (χ2n) is 3.96. The van der Waals surface area contributed by atoms with Crippen molar-refractivity contribution in [1.29, 1.82) is 0 Å². The van der Waals surface area contributed by atoms with Gasteiger partial charge in [-0.15, -0.1) is 0 Å². The lowest BCUT2D eigenvalue weighted by Crippen LogP contribution is -2.08. The van der Waals surface area contributed by atoms with Crippen molar-refractivity contribution in [3.63, 3.8) is 0 Å². The fourth-order valence-corrected chi connectivity index (χ4v) is 2.98. The van der Waals surface area contributed by atoms with Crippen molar-refractivity contribution in [1.82, 2.24) is 9.78 Å². The minimum Gasteiger partial charge on any atom is -0.478 e. The minimum atomic E-state index is -0.892. The third-order valence-electron chi connectivity index (χ3n) is 3.00. The molecule has 1 heterocycles. The Kier molecular flexibility index (Phi) is 2.82. The maximum atomic E-state index is 11.1. The van der Waals surface area contributed by atoms with Crippen molar-refractivity contribution in [3.8, 4) is 0 Å². The van der Waals surface area contributed by atoms with Gasteiger partial charge in [-0.1, -0.05) is 12.8 Å². The van der Waals surface area contributed by atoms with E-state index in [0.29, 0.717) is 16.1 Å². The van der Waals surface area contributed by atoms with Crippen LogP contribution in [0.4, 0.5) is 0 Å². The van der Waals surface area contributed by atoms with Crippen LogP contribution in [-0.4, -0.2) is 20.9 Å². The highest BCUT2D eigenvalue weighted by atomic mass is 79.9. The van der Waals surface area contributed by atoms with Crippen LogP contribution < -0.4 is 0 Å². The van der Waals surface area contributed by atoms with E-state index in [2.05, 4.69) is 21.0 Å². The first-order valence-electron chi connectivity index (χ1n) is 5.07. The number of aromatic carboxylic acids is 1. The van der Waals surface area contributed by atoms with Gasteiger partial charge in [-0.25, -0.2) is 4.79 Å². The smallest absolute Gasteiger partial charge is 0.340 e. The number of carbonyl (C=O) groups is 1. The summed E-state index contributed by atoms with van der Waals surface area (Å²) in [6.45, 7) is 0. The summed E-state index contributed by atoms with van der Waals surface area (Å²) in [4.78, 5) is 11.1. The Labute approximate surface area is 96.4 Å². The summed E-state index contributed by atoms with van der Waals surface area (Å²) in [6.07, 6.45) is 4.53. The Morgan fingerprint density at radius 1 is 1.53 bits per heavy atom. The predicted molar refractivity (Wildman–Crippen MR) is 59.1 cm³/mol. The maximum absolute atomic E-state index is 11.1. The number of hydrogen-bond acceptors (Lipinski definition) is 2. The number of nitrogens with zero attached hydrogens (tertiary/aromatic N) is 2. The van der Waals surface area contributed by atoms with Crippen molar-refractivity contribution < 1.29 is 9.90 Å². The van der Waals surface area contributed by atoms with Crippen LogP contribution in [0.5, 0.6) is 0 Å². The lowest BCUT2D eigenvalue weighted by Gasteiger charge is -2.10. The molecule has 15 heavy (non-hydrogen) atoms. The predicted octanol–water partition coefficient (Wildman–Crippen LogP) is 2.54. The summed E-state index contributed by atoms with van der Waals surface area (Å²) in [6, 6.07) is 0. The van der Waals surface area contributed by atoms with Crippen LogP contribution in [0.25, 0.3) is 0 Å². The highest BCUT2D eigenvalue weighted by molar-refractivity contribution is 9.10. The molecule has 1 aliphatic carbocycles. The van der Waals surface area contributed by atoms with E-state index < -0.39 is 5.97 Å². The number of carboxylic acid groups (broad SMARTS) is 1. The molecule has 4 nitrogen and oxygen atoms in total. The molecular weight excluding hydrogens is 260 g/mol. The fourth-order valence-electron chi connectivity index (χ4n) is 2.37. The van der Waals surface area contributed by atoms with Crippen LogP contribution in [0, 0.1) is 0 Å². The molecule has 1 saturated carbocycles. The molecule has 1 N–H and O–H groups in total. The largest absolute Gasteiger partial charge is 0.478 e. The zero-order valence-electron chi connectivity index (χ0n) is 8.53. The SMILES string of the molecule is Cn1nc(Br)c(C(=O)O)c1C1CCCC1. The molecule has 0 amide bonds. The van der Waals surface area contributed by atoms with E-state index in [1.54, 1.807) is 4.68 Å². The molecule has 0 aliphatic heterocycles. The van der Waals surface area contributed by atoms with Crippen molar-refractivity contribution >= 4 is 21.9 Å². The van der Waals surface area contributed by atoms with E-state index in [1.807, 2.05) is 7.05 Å². The summed E-state index contributed by atoms with van der Waals surface area (Å²) in [7, 11) is 1.81. The highest BCUT2D eigenvalue weighted by Gasteiger charge is 2.28. The fraction of sp³-hybridized carbons (Fsp3) is 0.600. The van der Waals surface area contributed by atoms with Gasteiger partial charge in [0.15, 0.2) is 0 Å². The molecule has 2 rings (SSSR count). The average Bonchev–Trinajstić information content (AvgIpc) is 2.71. The molecule has 0 atom stereocenters. The number of hydrogen-bond donors (Lipinski definition) is 1. The molecule has 0 saturated heterocycles. The standard InChI is InChI=1S/C10H13BrN2O2/c1-13-8(6-4-2-3-5-6)7(10(14)15)9(11)12-13/h6H,2-5H2,1H3,(H,14,15). The molecule has 0 radical (unpaired) electrons. The number of aryl methyl sites for hydroxylation is 1. The number of halogens is 1. The van der Waals surface area contributed by atoms with Gasteiger partial charge in [-0.2, -0.15) is 5.10 Å². The highest BCUT2D eigenvalue weighted by Crippen LogP contribution is 2.37. The Bertz CT molecular complexity index is 394. The minimum absolute atomic E-state index is 0.337. The Balaban J connectivity index is 2.47. The monoisotopic (exact) mass is 272 g/mol. The molecule has 1 aromatic heterocycles. The molecule has 82 valence electrons. The van der Waals surface area contributed by atoms with Gasteiger partial charge in [0.25, 0.3) is 0 Å². The van der Waals surface area contributed by atoms with Crippen LogP contribution in [-0.2, 0) is 7.05 Å². The van der Waals surface area contributed by atoms with Crippen LogP contribution in [0.3, 0.4) is 0 Å². The summed E-state index contributed by atoms with van der Waals surface area (Å²) in [5.41, 5.74) is 1.20. The van der Waals surface area contributed by atoms with Gasteiger partial charge in [0.05, 0.1) is 5.69 Å². The molecule has 1 fully saturated rings.